The van der Waals surface area contributed by atoms with Crippen LogP contribution in [0, 0.1) is 0 Å². The summed E-state index contributed by atoms with van der Waals surface area (Å²) in [5, 5.41) is 9.69. The molecular weight excluding hydrogens is 320 g/mol. The van der Waals surface area contributed by atoms with E-state index >= 15 is 0 Å². The van der Waals surface area contributed by atoms with Crippen LogP contribution in [0.3, 0.4) is 0 Å². The second-order valence-corrected chi connectivity index (χ2v) is 6.09. The highest BCUT2D eigenvalue weighted by molar-refractivity contribution is 5.54. The molecule has 0 spiro atoms. The number of hydrogen-bond acceptors (Lipinski definition) is 6. The van der Waals surface area contributed by atoms with Crippen LogP contribution < -0.4 is 16.3 Å². The number of anilines is 2. The highest BCUT2D eigenvalue weighted by Crippen LogP contribution is 2.26. The van der Waals surface area contributed by atoms with Gasteiger partial charge in [0.1, 0.15) is 0 Å². The monoisotopic (exact) mass is 338 g/mol. The average Bonchev–Trinajstić information content (AvgIpc) is 2.92. The van der Waals surface area contributed by atoms with Gasteiger partial charge in [-0.3, -0.25) is 4.98 Å². The van der Waals surface area contributed by atoms with Crippen LogP contribution in [0.1, 0.15) is 22.5 Å². The standard InChI is InChI=1S/C17H18N6O2/c18-13-3-1-2-10-9-23(7-5-12(10)13)16-19-6-4-11(20-16)8-14-15(24)22-17(25)21-14/h1-4,6,24H,5,7-9,18H2,(H2,21,22,25). The molecule has 8 nitrogen and oxygen atoms in total. The molecule has 0 fully saturated rings. The topological polar surface area (TPSA) is 124 Å². The quantitative estimate of drug-likeness (QED) is 0.527. The zero-order valence-corrected chi connectivity index (χ0v) is 13.5. The Bertz CT molecular complexity index is 977. The van der Waals surface area contributed by atoms with Crippen molar-refractivity contribution < 1.29 is 5.11 Å². The van der Waals surface area contributed by atoms with Crippen LogP contribution in [-0.2, 0) is 19.4 Å². The number of aromatic nitrogens is 4. The summed E-state index contributed by atoms with van der Waals surface area (Å²) in [5.74, 6) is 0.468. The predicted molar refractivity (Wildman–Crippen MR) is 93.5 cm³/mol. The molecule has 3 heterocycles. The van der Waals surface area contributed by atoms with E-state index in [-0.39, 0.29) is 5.88 Å². The highest BCUT2D eigenvalue weighted by atomic mass is 16.3. The van der Waals surface area contributed by atoms with Crippen molar-refractivity contribution in [3.8, 4) is 5.88 Å². The van der Waals surface area contributed by atoms with Gasteiger partial charge in [-0.2, -0.15) is 0 Å². The Kier molecular flexibility index (Phi) is 3.64. The zero-order chi connectivity index (χ0) is 17.4. The number of imidazole rings is 1. The first-order chi connectivity index (χ1) is 12.1. The van der Waals surface area contributed by atoms with Crippen LogP contribution in [0.15, 0.2) is 35.3 Å². The Hall–Kier alpha value is -3.29. The lowest BCUT2D eigenvalue weighted by molar-refractivity contribution is 0.449. The summed E-state index contributed by atoms with van der Waals surface area (Å²) in [6.45, 7) is 1.49. The number of H-pyrrole nitrogens is 2. The molecule has 128 valence electrons. The second-order valence-electron chi connectivity index (χ2n) is 6.09. The zero-order valence-electron chi connectivity index (χ0n) is 13.5. The minimum absolute atomic E-state index is 0.160. The molecule has 1 aliphatic rings. The minimum Gasteiger partial charge on any atom is -0.493 e. The third-order valence-corrected chi connectivity index (χ3v) is 4.43. The second kappa shape index (κ2) is 5.97. The fourth-order valence-corrected chi connectivity index (χ4v) is 3.16. The number of aromatic amines is 2. The van der Waals surface area contributed by atoms with Gasteiger partial charge < -0.3 is 20.7 Å². The fraction of sp³-hybridized carbons (Fsp3) is 0.235. The Morgan fingerprint density at radius 3 is 2.96 bits per heavy atom. The molecule has 0 aliphatic carbocycles. The van der Waals surface area contributed by atoms with Crippen molar-refractivity contribution in [1.82, 2.24) is 19.9 Å². The summed E-state index contributed by atoms with van der Waals surface area (Å²) < 4.78 is 0. The molecule has 8 heteroatoms. The number of hydrogen-bond donors (Lipinski definition) is 4. The van der Waals surface area contributed by atoms with Crippen molar-refractivity contribution >= 4 is 11.6 Å². The van der Waals surface area contributed by atoms with E-state index in [1.165, 1.54) is 11.1 Å². The van der Waals surface area contributed by atoms with Gasteiger partial charge in [-0.25, -0.2) is 14.8 Å². The molecule has 3 aromatic rings. The van der Waals surface area contributed by atoms with Gasteiger partial charge in [-0.05, 0) is 29.7 Å². The number of nitrogens with one attached hydrogen (secondary N) is 2. The molecule has 4 rings (SSSR count). The van der Waals surface area contributed by atoms with Crippen molar-refractivity contribution in [3.05, 3.63) is 63.5 Å². The number of nitrogens with two attached hydrogens (primary N) is 1. The Labute approximate surface area is 143 Å². The summed E-state index contributed by atoms with van der Waals surface area (Å²) in [6.07, 6.45) is 2.85. The third kappa shape index (κ3) is 2.93. The molecule has 25 heavy (non-hydrogen) atoms. The van der Waals surface area contributed by atoms with Crippen molar-refractivity contribution in [2.45, 2.75) is 19.4 Å². The minimum atomic E-state index is -0.438. The number of nitrogen functional groups attached to an aromatic ring is 1. The number of nitrogens with zero attached hydrogens (tertiary/aromatic N) is 3. The lowest BCUT2D eigenvalue weighted by Gasteiger charge is -2.29. The van der Waals surface area contributed by atoms with E-state index in [0.717, 1.165) is 18.7 Å². The maximum Gasteiger partial charge on any atom is 0.325 e. The summed E-state index contributed by atoms with van der Waals surface area (Å²) in [4.78, 5) is 27.1. The molecule has 0 saturated heterocycles. The van der Waals surface area contributed by atoms with E-state index in [1.54, 1.807) is 12.3 Å². The molecule has 1 aliphatic heterocycles. The van der Waals surface area contributed by atoms with Crippen LogP contribution in [0.4, 0.5) is 11.6 Å². The summed E-state index contributed by atoms with van der Waals surface area (Å²) >= 11 is 0. The van der Waals surface area contributed by atoms with Gasteiger partial charge >= 0.3 is 5.69 Å². The third-order valence-electron chi connectivity index (χ3n) is 4.43. The number of benzene rings is 1. The van der Waals surface area contributed by atoms with Gasteiger partial charge in [0.15, 0.2) is 0 Å². The molecule has 0 bridgehead atoms. The van der Waals surface area contributed by atoms with E-state index in [1.807, 2.05) is 12.1 Å². The average molecular weight is 338 g/mol. The van der Waals surface area contributed by atoms with Crippen LogP contribution in [0.5, 0.6) is 5.88 Å². The van der Waals surface area contributed by atoms with E-state index in [0.29, 0.717) is 30.3 Å². The van der Waals surface area contributed by atoms with E-state index in [4.69, 9.17) is 5.73 Å². The van der Waals surface area contributed by atoms with Gasteiger partial charge in [0, 0.05) is 31.4 Å². The number of aromatic hydroxyl groups is 1. The van der Waals surface area contributed by atoms with Crippen LogP contribution in [-0.4, -0.2) is 31.6 Å². The molecule has 0 saturated carbocycles. The first-order valence-electron chi connectivity index (χ1n) is 8.03. The first-order valence-corrected chi connectivity index (χ1v) is 8.03. The number of fused-ring (bicyclic) bond motifs is 1. The molecule has 1 aromatic carbocycles. The summed E-state index contributed by atoms with van der Waals surface area (Å²) in [5.41, 5.74) is 9.95. The van der Waals surface area contributed by atoms with Gasteiger partial charge in [-0.15, -0.1) is 0 Å². The smallest absolute Gasteiger partial charge is 0.325 e. The molecule has 0 radical (unpaired) electrons. The van der Waals surface area contributed by atoms with Gasteiger partial charge in [0.2, 0.25) is 11.8 Å². The molecule has 2 aromatic heterocycles. The predicted octanol–water partition coefficient (Wildman–Crippen LogP) is 0.934. The lowest BCUT2D eigenvalue weighted by atomic mass is 9.98. The van der Waals surface area contributed by atoms with Crippen molar-refractivity contribution in [2.75, 3.05) is 17.2 Å². The molecule has 0 unspecified atom stereocenters. The van der Waals surface area contributed by atoms with Crippen LogP contribution in [0.2, 0.25) is 0 Å². The molecule has 5 N–H and O–H groups in total. The van der Waals surface area contributed by atoms with Crippen molar-refractivity contribution in [3.63, 3.8) is 0 Å². The van der Waals surface area contributed by atoms with E-state index in [9.17, 15) is 9.90 Å². The summed E-state index contributed by atoms with van der Waals surface area (Å²) in [6, 6.07) is 7.73. The van der Waals surface area contributed by atoms with E-state index < -0.39 is 5.69 Å². The summed E-state index contributed by atoms with van der Waals surface area (Å²) in [7, 11) is 0. The first kappa shape index (κ1) is 15.3. The fourth-order valence-electron chi connectivity index (χ4n) is 3.16. The van der Waals surface area contributed by atoms with Crippen LogP contribution >= 0.6 is 0 Å². The lowest BCUT2D eigenvalue weighted by Crippen LogP contribution is -2.32. The van der Waals surface area contributed by atoms with Crippen molar-refractivity contribution in [1.29, 1.82) is 0 Å². The molecule has 0 atom stereocenters. The highest BCUT2D eigenvalue weighted by Gasteiger charge is 2.20. The maximum absolute atomic E-state index is 11.2. The Morgan fingerprint density at radius 2 is 2.16 bits per heavy atom. The maximum atomic E-state index is 11.2. The molecular formula is C17H18N6O2. The van der Waals surface area contributed by atoms with Gasteiger partial charge in [0.05, 0.1) is 11.4 Å². The number of rotatable bonds is 3. The largest absolute Gasteiger partial charge is 0.493 e. The normalized spacial score (nSPS) is 13.7. The SMILES string of the molecule is Nc1cccc2c1CCN(c1nccc(Cc3[nH]c(=O)[nH]c3O)n1)C2. The molecule has 0 amide bonds. The van der Waals surface area contributed by atoms with Gasteiger partial charge in [-0.1, -0.05) is 12.1 Å². The van der Waals surface area contributed by atoms with Crippen molar-refractivity contribution in [2.24, 2.45) is 0 Å². The Morgan fingerprint density at radius 1 is 1.28 bits per heavy atom. The van der Waals surface area contributed by atoms with Crippen LogP contribution in [0.25, 0.3) is 0 Å². The Balaban J connectivity index is 1.58. The van der Waals surface area contributed by atoms with Gasteiger partial charge in [0.25, 0.3) is 0 Å². The van der Waals surface area contributed by atoms with E-state index in [2.05, 4.69) is 30.9 Å².